The molecule has 14 heteroatoms. The summed E-state index contributed by atoms with van der Waals surface area (Å²) < 4.78 is 0. The normalized spacial score (nSPS) is 13.7. The monoisotopic (exact) mass is 603 g/mol. The first kappa shape index (κ1) is 33.9. The summed E-state index contributed by atoms with van der Waals surface area (Å²) in [5.74, 6) is -3.69. The predicted octanol–water partition coefficient (Wildman–Crippen LogP) is -0.232. The van der Waals surface area contributed by atoms with Gasteiger partial charge in [-0.15, -0.1) is 0 Å². The van der Waals surface area contributed by atoms with Gasteiger partial charge in [0, 0.05) is 12.8 Å². The predicted molar refractivity (Wildman–Crippen MR) is 156 cm³/mol. The lowest BCUT2D eigenvalue weighted by Gasteiger charge is -2.25. The van der Waals surface area contributed by atoms with E-state index >= 15 is 0 Å². The molecule has 0 saturated heterocycles. The Bertz CT molecular complexity index is 1230. The molecule has 0 aliphatic rings. The number of carbonyl (C=O) groups excluding carboxylic acids is 4. The number of carboxylic acid groups (broad SMARTS) is 1. The number of hydrogen-bond acceptors (Lipinski definition) is 9. The number of carbonyl (C=O) groups is 5. The van der Waals surface area contributed by atoms with Crippen LogP contribution in [-0.4, -0.2) is 81.1 Å². The number of amides is 4. The highest BCUT2D eigenvalue weighted by atomic mass is 32.2. The molecule has 0 spiro atoms. The largest absolute Gasteiger partial charge is 0.508 e. The molecule has 0 bridgehead atoms. The van der Waals surface area contributed by atoms with E-state index in [1.54, 1.807) is 12.1 Å². The van der Waals surface area contributed by atoms with E-state index < -0.39 is 53.8 Å². The Morgan fingerprint density at radius 2 is 1.19 bits per heavy atom. The molecule has 0 aliphatic carbocycles. The molecule has 2 aromatic rings. The van der Waals surface area contributed by atoms with Crippen LogP contribution in [0, 0.1) is 0 Å². The summed E-state index contributed by atoms with van der Waals surface area (Å²) in [6.07, 6.45) is 1.58. The second-order valence-electron chi connectivity index (χ2n) is 9.66. The molecule has 0 saturated carbocycles. The van der Waals surface area contributed by atoms with Crippen molar-refractivity contribution >= 4 is 41.4 Å². The summed E-state index contributed by atoms with van der Waals surface area (Å²) in [6.45, 7) is 0. The van der Waals surface area contributed by atoms with Gasteiger partial charge >= 0.3 is 5.97 Å². The highest BCUT2D eigenvalue weighted by Gasteiger charge is 2.30. The summed E-state index contributed by atoms with van der Waals surface area (Å²) >= 11 is 1.43. The molecule has 2 rings (SSSR count). The van der Waals surface area contributed by atoms with Gasteiger partial charge in [-0.05, 0) is 66.7 Å². The number of nitrogens with two attached hydrogens (primary N) is 2. The van der Waals surface area contributed by atoms with Crippen molar-refractivity contribution in [2.24, 2.45) is 11.5 Å². The molecule has 0 aliphatic heterocycles. The Morgan fingerprint density at radius 3 is 1.67 bits per heavy atom. The van der Waals surface area contributed by atoms with Crippen molar-refractivity contribution in [3.05, 3.63) is 59.7 Å². The lowest BCUT2D eigenvalue weighted by molar-refractivity contribution is -0.142. The SMILES string of the molecule is CSCCC(NC(=O)C(N)Cc1ccc(O)cc1)C(=O)NC(CCC(N)=O)C(=O)NC(Cc1ccc(O)cc1)C(=O)O. The van der Waals surface area contributed by atoms with Crippen LogP contribution in [0.15, 0.2) is 48.5 Å². The summed E-state index contributed by atoms with van der Waals surface area (Å²) in [5, 5.41) is 36.1. The minimum absolute atomic E-state index is 0.00619. The van der Waals surface area contributed by atoms with Crippen LogP contribution >= 0.6 is 11.8 Å². The summed E-state index contributed by atoms with van der Waals surface area (Å²) in [6, 6.07) is 7.16. The summed E-state index contributed by atoms with van der Waals surface area (Å²) in [4.78, 5) is 62.6. The fraction of sp³-hybridized carbons (Fsp3) is 0.393. The quantitative estimate of drug-likeness (QED) is 0.118. The summed E-state index contributed by atoms with van der Waals surface area (Å²) in [5.41, 5.74) is 12.5. The molecule has 0 aromatic heterocycles. The number of thioether (sulfide) groups is 1. The molecular weight excluding hydrogens is 566 g/mol. The van der Waals surface area contributed by atoms with E-state index in [-0.39, 0.29) is 43.6 Å². The molecule has 2 aromatic carbocycles. The fourth-order valence-electron chi connectivity index (χ4n) is 3.93. The van der Waals surface area contributed by atoms with Crippen LogP contribution in [0.25, 0.3) is 0 Å². The zero-order valence-electron chi connectivity index (χ0n) is 23.1. The van der Waals surface area contributed by atoms with Crippen LogP contribution in [0.1, 0.15) is 30.4 Å². The number of carboxylic acids is 1. The van der Waals surface area contributed by atoms with Crippen molar-refractivity contribution in [1.82, 2.24) is 16.0 Å². The zero-order chi connectivity index (χ0) is 31.2. The van der Waals surface area contributed by atoms with E-state index in [4.69, 9.17) is 11.5 Å². The fourth-order valence-corrected chi connectivity index (χ4v) is 4.40. The van der Waals surface area contributed by atoms with Crippen molar-refractivity contribution in [3.8, 4) is 11.5 Å². The maximum Gasteiger partial charge on any atom is 0.326 e. The standard InChI is InChI=1S/C28H37N5O8S/c1-42-13-12-22(31-25(37)20(29)14-16-2-6-18(34)7-3-16)27(39)32-21(10-11-24(30)36)26(38)33-23(28(40)41)15-17-4-8-19(35)9-5-17/h2-9,20-23,34-35H,10-15,29H2,1H3,(H2,30,36)(H,31,37)(H,32,39)(H,33,38)(H,40,41). The zero-order valence-corrected chi connectivity index (χ0v) is 23.9. The second kappa shape index (κ2) is 16.8. The lowest BCUT2D eigenvalue weighted by Crippen LogP contribution is -2.57. The van der Waals surface area contributed by atoms with E-state index in [2.05, 4.69) is 16.0 Å². The minimum atomic E-state index is -1.38. The number of nitrogens with one attached hydrogen (secondary N) is 3. The highest BCUT2D eigenvalue weighted by molar-refractivity contribution is 7.98. The Morgan fingerprint density at radius 1 is 0.738 bits per heavy atom. The van der Waals surface area contributed by atoms with Gasteiger partial charge in [-0.25, -0.2) is 4.79 Å². The Balaban J connectivity index is 2.14. The third-order valence-corrected chi connectivity index (χ3v) is 6.92. The van der Waals surface area contributed by atoms with E-state index in [0.29, 0.717) is 16.9 Å². The van der Waals surface area contributed by atoms with Gasteiger partial charge in [0.25, 0.3) is 0 Å². The van der Waals surface area contributed by atoms with Crippen molar-refractivity contribution in [3.63, 3.8) is 0 Å². The maximum atomic E-state index is 13.3. The number of aliphatic carboxylic acids is 1. The minimum Gasteiger partial charge on any atom is -0.508 e. The third-order valence-electron chi connectivity index (χ3n) is 6.28. The summed E-state index contributed by atoms with van der Waals surface area (Å²) in [7, 11) is 0. The first-order chi connectivity index (χ1) is 19.9. The lowest BCUT2D eigenvalue weighted by atomic mass is 10.0. The first-order valence-corrected chi connectivity index (χ1v) is 14.5. The molecule has 0 radical (unpaired) electrons. The van der Waals surface area contributed by atoms with Gasteiger partial charge in [0.2, 0.25) is 23.6 Å². The van der Waals surface area contributed by atoms with Crippen molar-refractivity contribution in [2.75, 3.05) is 12.0 Å². The average molecular weight is 604 g/mol. The highest BCUT2D eigenvalue weighted by Crippen LogP contribution is 2.13. The number of rotatable bonds is 17. The van der Waals surface area contributed by atoms with Gasteiger partial charge in [0.05, 0.1) is 6.04 Å². The van der Waals surface area contributed by atoms with E-state index in [1.807, 2.05) is 6.26 Å². The number of aromatic hydroxyl groups is 2. The van der Waals surface area contributed by atoms with Gasteiger partial charge in [0.15, 0.2) is 0 Å². The van der Waals surface area contributed by atoms with Crippen LogP contribution in [0.2, 0.25) is 0 Å². The van der Waals surface area contributed by atoms with E-state index in [9.17, 15) is 39.3 Å². The Kier molecular flexibility index (Phi) is 13.6. The van der Waals surface area contributed by atoms with Gasteiger partial charge in [-0.2, -0.15) is 11.8 Å². The smallest absolute Gasteiger partial charge is 0.326 e. The van der Waals surface area contributed by atoms with Crippen LogP contribution in [0.4, 0.5) is 0 Å². The molecule has 13 nitrogen and oxygen atoms in total. The van der Waals surface area contributed by atoms with Crippen LogP contribution in [-0.2, 0) is 36.8 Å². The van der Waals surface area contributed by atoms with E-state index in [0.717, 1.165) is 0 Å². The molecule has 228 valence electrons. The number of phenols is 2. The average Bonchev–Trinajstić information content (AvgIpc) is 2.94. The maximum absolute atomic E-state index is 13.3. The van der Waals surface area contributed by atoms with Crippen LogP contribution < -0.4 is 27.4 Å². The number of primary amides is 1. The first-order valence-electron chi connectivity index (χ1n) is 13.1. The van der Waals surface area contributed by atoms with Crippen LogP contribution in [0.3, 0.4) is 0 Å². The van der Waals surface area contributed by atoms with Gasteiger partial charge in [0.1, 0.15) is 29.6 Å². The number of hydrogen-bond donors (Lipinski definition) is 8. The number of benzene rings is 2. The van der Waals surface area contributed by atoms with Crippen molar-refractivity contribution in [1.29, 1.82) is 0 Å². The molecule has 42 heavy (non-hydrogen) atoms. The molecule has 0 fully saturated rings. The third kappa shape index (κ3) is 11.7. The molecule has 4 unspecified atom stereocenters. The molecule has 10 N–H and O–H groups in total. The Hall–Kier alpha value is -4.30. The molecule has 0 heterocycles. The molecule has 4 amide bonds. The number of phenolic OH excluding ortho intramolecular Hbond substituents is 2. The van der Waals surface area contributed by atoms with Crippen LogP contribution in [0.5, 0.6) is 11.5 Å². The van der Waals surface area contributed by atoms with E-state index in [1.165, 1.54) is 48.2 Å². The van der Waals surface area contributed by atoms with Crippen molar-refractivity contribution in [2.45, 2.75) is 56.3 Å². The van der Waals surface area contributed by atoms with Gasteiger partial charge in [-0.3, -0.25) is 19.2 Å². The van der Waals surface area contributed by atoms with Gasteiger partial charge < -0.3 is 42.7 Å². The Labute approximate surface area is 247 Å². The molecular formula is C28H37N5O8S. The second-order valence-corrected chi connectivity index (χ2v) is 10.6. The topological polar surface area (TPSA) is 234 Å². The molecule has 4 atom stereocenters. The van der Waals surface area contributed by atoms with Gasteiger partial charge in [-0.1, -0.05) is 24.3 Å². The van der Waals surface area contributed by atoms with Crippen molar-refractivity contribution < 1.29 is 39.3 Å².